The van der Waals surface area contributed by atoms with Gasteiger partial charge in [-0.05, 0) is 42.9 Å². The van der Waals surface area contributed by atoms with Gasteiger partial charge in [-0.2, -0.15) is 0 Å². The van der Waals surface area contributed by atoms with E-state index in [0.29, 0.717) is 12.2 Å². The molecule has 0 saturated heterocycles. The fourth-order valence-corrected chi connectivity index (χ4v) is 2.28. The van der Waals surface area contributed by atoms with Crippen LogP contribution in [0.3, 0.4) is 0 Å². The van der Waals surface area contributed by atoms with E-state index < -0.39 is 0 Å². The predicted molar refractivity (Wildman–Crippen MR) is 98.8 cm³/mol. The minimum absolute atomic E-state index is 0.144. The summed E-state index contributed by atoms with van der Waals surface area (Å²) in [6, 6.07) is 16.4. The van der Waals surface area contributed by atoms with Crippen LogP contribution in [0.25, 0.3) is 0 Å². The van der Waals surface area contributed by atoms with Crippen LogP contribution in [0.15, 0.2) is 54.6 Å². The maximum atomic E-state index is 12.2. The summed E-state index contributed by atoms with van der Waals surface area (Å²) in [5, 5.41) is 5.63. The number of rotatable bonds is 8. The second kappa shape index (κ2) is 9.44. The fraction of sp³-hybridized carbons (Fsp3) is 0.263. The highest BCUT2D eigenvalue weighted by molar-refractivity contribution is 5.94. The highest BCUT2D eigenvalue weighted by Crippen LogP contribution is 2.14. The normalized spacial score (nSPS) is 10.4. The molecule has 0 radical (unpaired) electrons. The number of anilines is 2. The fourth-order valence-electron chi connectivity index (χ4n) is 2.28. The average molecular weight is 341 g/mol. The number of para-hydroxylation sites is 1. The molecule has 132 valence electrons. The van der Waals surface area contributed by atoms with Crippen molar-refractivity contribution in [2.45, 2.75) is 6.92 Å². The average Bonchev–Trinajstić information content (AvgIpc) is 2.62. The van der Waals surface area contributed by atoms with E-state index in [1.165, 1.54) is 0 Å². The van der Waals surface area contributed by atoms with E-state index in [0.717, 1.165) is 11.4 Å². The van der Waals surface area contributed by atoms with Crippen molar-refractivity contribution in [2.24, 2.45) is 0 Å². The molecule has 0 spiro atoms. The SMILES string of the molecule is CCN(CC(=O)Nc1ccccc1)CC(=O)Nc1ccc(OC)cc1. The zero-order valence-corrected chi connectivity index (χ0v) is 14.5. The lowest BCUT2D eigenvalue weighted by Crippen LogP contribution is -2.38. The Balaban J connectivity index is 1.83. The van der Waals surface area contributed by atoms with Crippen LogP contribution in [0.5, 0.6) is 5.75 Å². The van der Waals surface area contributed by atoms with Gasteiger partial charge in [0.25, 0.3) is 0 Å². The number of methoxy groups -OCH3 is 1. The van der Waals surface area contributed by atoms with Crippen LogP contribution in [-0.4, -0.2) is 43.5 Å². The van der Waals surface area contributed by atoms with Gasteiger partial charge >= 0.3 is 0 Å². The number of ether oxygens (including phenoxy) is 1. The van der Waals surface area contributed by atoms with Gasteiger partial charge in [0.1, 0.15) is 5.75 Å². The van der Waals surface area contributed by atoms with Crippen LogP contribution in [0, 0.1) is 0 Å². The van der Waals surface area contributed by atoms with Crippen molar-refractivity contribution in [3.63, 3.8) is 0 Å². The Morgan fingerprint density at radius 2 is 1.40 bits per heavy atom. The number of benzene rings is 2. The molecule has 6 heteroatoms. The third-order valence-electron chi connectivity index (χ3n) is 3.61. The highest BCUT2D eigenvalue weighted by atomic mass is 16.5. The summed E-state index contributed by atoms with van der Waals surface area (Å²) in [5.74, 6) is 0.413. The Morgan fingerprint density at radius 1 is 0.880 bits per heavy atom. The standard InChI is InChI=1S/C19H23N3O3/c1-3-22(13-18(23)20-15-7-5-4-6-8-15)14-19(24)21-16-9-11-17(25-2)12-10-16/h4-12H,3,13-14H2,1-2H3,(H,20,23)(H,21,24). The molecular formula is C19H23N3O3. The second-order valence-electron chi connectivity index (χ2n) is 5.49. The van der Waals surface area contributed by atoms with E-state index in [1.54, 1.807) is 36.3 Å². The molecule has 6 nitrogen and oxygen atoms in total. The molecule has 0 atom stereocenters. The molecule has 2 N–H and O–H groups in total. The minimum Gasteiger partial charge on any atom is -0.497 e. The van der Waals surface area contributed by atoms with Crippen LogP contribution >= 0.6 is 0 Å². The number of nitrogens with one attached hydrogen (secondary N) is 2. The van der Waals surface area contributed by atoms with Crippen LogP contribution < -0.4 is 15.4 Å². The van der Waals surface area contributed by atoms with E-state index in [1.807, 2.05) is 37.3 Å². The molecule has 2 rings (SSSR count). The van der Waals surface area contributed by atoms with Gasteiger partial charge in [-0.25, -0.2) is 0 Å². The maximum absolute atomic E-state index is 12.2. The summed E-state index contributed by atoms with van der Waals surface area (Å²) in [5.41, 5.74) is 1.43. The van der Waals surface area contributed by atoms with Crippen LogP contribution in [-0.2, 0) is 9.59 Å². The summed E-state index contributed by atoms with van der Waals surface area (Å²) in [6.45, 7) is 2.81. The van der Waals surface area contributed by atoms with Gasteiger partial charge in [0.15, 0.2) is 0 Å². The van der Waals surface area contributed by atoms with Crippen LogP contribution in [0.4, 0.5) is 11.4 Å². The minimum atomic E-state index is -0.167. The van der Waals surface area contributed by atoms with Crippen molar-refractivity contribution in [3.05, 3.63) is 54.6 Å². The number of carbonyl (C=O) groups is 2. The topological polar surface area (TPSA) is 70.7 Å². The van der Waals surface area contributed by atoms with Crippen LogP contribution in [0.1, 0.15) is 6.92 Å². The van der Waals surface area contributed by atoms with E-state index >= 15 is 0 Å². The maximum Gasteiger partial charge on any atom is 0.238 e. The van der Waals surface area contributed by atoms with Crippen molar-refractivity contribution in [2.75, 3.05) is 37.4 Å². The largest absolute Gasteiger partial charge is 0.497 e. The highest BCUT2D eigenvalue weighted by Gasteiger charge is 2.13. The molecule has 2 amide bonds. The molecule has 0 fully saturated rings. The van der Waals surface area contributed by atoms with Gasteiger partial charge in [-0.15, -0.1) is 0 Å². The van der Waals surface area contributed by atoms with E-state index in [9.17, 15) is 9.59 Å². The molecule has 0 heterocycles. The summed E-state index contributed by atoms with van der Waals surface area (Å²) in [4.78, 5) is 26.0. The lowest BCUT2D eigenvalue weighted by atomic mass is 10.3. The number of hydrogen-bond acceptors (Lipinski definition) is 4. The Kier molecular flexibility index (Phi) is 6.98. The van der Waals surface area contributed by atoms with Crippen molar-refractivity contribution in [3.8, 4) is 5.75 Å². The molecule has 2 aromatic carbocycles. The zero-order valence-electron chi connectivity index (χ0n) is 14.5. The molecule has 0 aliphatic rings. The first kappa shape index (κ1) is 18.5. The molecular weight excluding hydrogens is 318 g/mol. The number of nitrogens with zero attached hydrogens (tertiary/aromatic N) is 1. The molecule has 0 aliphatic heterocycles. The number of amides is 2. The van der Waals surface area contributed by atoms with Crippen molar-refractivity contribution >= 4 is 23.2 Å². The second-order valence-corrected chi connectivity index (χ2v) is 5.49. The Hall–Kier alpha value is -2.86. The summed E-state index contributed by atoms with van der Waals surface area (Å²) >= 11 is 0. The third-order valence-corrected chi connectivity index (χ3v) is 3.61. The molecule has 0 saturated carbocycles. The quantitative estimate of drug-likeness (QED) is 0.774. The number of likely N-dealkylation sites (N-methyl/N-ethyl adjacent to an activating group) is 1. The lowest BCUT2D eigenvalue weighted by molar-refractivity contribution is -0.119. The first-order valence-electron chi connectivity index (χ1n) is 8.12. The Morgan fingerprint density at radius 3 is 1.88 bits per heavy atom. The van der Waals surface area contributed by atoms with Crippen LogP contribution in [0.2, 0.25) is 0 Å². The van der Waals surface area contributed by atoms with Gasteiger partial charge in [-0.1, -0.05) is 25.1 Å². The summed E-state index contributed by atoms with van der Waals surface area (Å²) < 4.78 is 5.08. The smallest absolute Gasteiger partial charge is 0.238 e. The van der Waals surface area contributed by atoms with E-state index in [-0.39, 0.29) is 24.9 Å². The zero-order chi connectivity index (χ0) is 18.1. The van der Waals surface area contributed by atoms with Gasteiger partial charge in [0.05, 0.1) is 20.2 Å². The molecule has 0 aromatic heterocycles. The Bertz CT molecular complexity index is 687. The van der Waals surface area contributed by atoms with Gasteiger partial charge in [-0.3, -0.25) is 14.5 Å². The van der Waals surface area contributed by atoms with Crippen molar-refractivity contribution < 1.29 is 14.3 Å². The molecule has 0 unspecified atom stereocenters. The first-order valence-corrected chi connectivity index (χ1v) is 8.12. The summed E-state index contributed by atoms with van der Waals surface area (Å²) in [7, 11) is 1.59. The predicted octanol–water partition coefficient (Wildman–Crippen LogP) is 2.59. The molecule has 2 aromatic rings. The van der Waals surface area contributed by atoms with Crippen molar-refractivity contribution in [1.82, 2.24) is 4.90 Å². The number of hydrogen-bond donors (Lipinski definition) is 2. The van der Waals surface area contributed by atoms with Crippen molar-refractivity contribution in [1.29, 1.82) is 0 Å². The lowest BCUT2D eigenvalue weighted by Gasteiger charge is -2.19. The summed E-state index contributed by atoms with van der Waals surface area (Å²) in [6.07, 6.45) is 0. The third kappa shape index (κ3) is 6.27. The van der Waals surface area contributed by atoms with E-state index in [2.05, 4.69) is 10.6 Å². The van der Waals surface area contributed by atoms with Gasteiger partial charge in [0, 0.05) is 11.4 Å². The molecule has 25 heavy (non-hydrogen) atoms. The molecule has 0 aliphatic carbocycles. The monoisotopic (exact) mass is 341 g/mol. The first-order chi connectivity index (χ1) is 12.1. The van der Waals surface area contributed by atoms with Gasteiger partial charge in [0.2, 0.25) is 11.8 Å². The number of carbonyl (C=O) groups excluding carboxylic acids is 2. The van der Waals surface area contributed by atoms with Gasteiger partial charge < -0.3 is 15.4 Å². The molecule has 0 bridgehead atoms. The van der Waals surface area contributed by atoms with E-state index in [4.69, 9.17) is 4.74 Å². The Labute approximate surface area is 147 Å².